The predicted octanol–water partition coefficient (Wildman–Crippen LogP) is 0.182. The van der Waals surface area contributed by atoms with E-state index in [9.17, 15) is 9.59 Å². The maximum Gasteiger partial charge on any atom is 0.137 e. The first-order chi connectivity index (χ1) is 5.13. The van der Waals surface area contributed by atoms with E-state index in [0.717, 1.165) is 0 Å². The van der Waals surface area contributed by atoms with Gasteiger partial charge in [-0.2, -0.15) is 0 Å². The summed E-state index contributed by atoms with van der Waals surface area (Å²) in [5.41, 5.74) is 0. The van der Waals surface area contributed by atoms with Crippen LogP contribution in [0.2, 0.25) is 0 Å². The van der Waals surface area contributed by atoms with Gasteiger partial charge >= 0.3 is 0 Å². The van der Waals surface area contributed by atoms with Gasteiger partial charge in [-0.15, -0.1) is 0 Å². The van der Waals surface area contributed by atoms with Crippen LogP contribution in [0.3, 0.4) is 0 Å². The molecule has 0 aliphatic heterocycles. The van der Waals surface area contributed by atoms with Gasteiger partial charge in [0.05, 0.1) is 6.42 Å². The maximum atomic E-state index is 10.0. The Kier molecular flexibility index (Phi) is 42.1. The van der Waals surface area contributed by atoms with E-state index in [1.165, 1.54) is 13.8 Å². The molecule has 73 valence electrons. The maximum absolute atomic E-state index is 10.0. The minimum atomic E-state index is -0.0625. The quantitative estimate of drug-likeness (QED) is 0.526. The van der Waals surface area contributed by atoms with Crippen molar-refractivity contribution in [3.05, 3.63) is 0 Å². The molecule has 0 rings (SSSR count). The van der Waals surface area contributed by atoms with Crippen molar-refractivity contribution in [2.45, 2.75) is 20.3 Å². The van der Waals surface area contributed by atoms with Crippen molar-refractivity contribution in [1.82, 2.24) is 0 Å². The summed E-state index contributed by atoms with van der Waals surface area (Å²) in [4.78, 5) is 36.1. The fourth-order valence-corrected chi connectivity index (χ4v) is 0.351. The molecule has 0 aromatic heterocycles. The van der Waals surface area contributed by atoms with Gasteiger partial charge in [-0.3, -0.25) is 9.59 Å². The third kappa shape index (κ3) is 58.8. The number of rotatable bonds is 2. The van der Waals surface area contributed by atoms with Crippen LogP contribution in [-0.2, 0) is 38.7 Å². The molecule has 0 aliphatic rings. The van der Waals surface area contributed by atoms with Crippen LogP contribution in [0, 0.1) is 0 Å². The minimum Gasteiger partial charge on any atom is -0.307 e. The number of carbonyl (C=O) groups is 4. The molecule has 0 bridgehead atoms. The molecule has 0 N–H and O–H groups in total. The second-order valence-corrected chi connectivity index (χ2v) is 1.58. The van der Waals surface area contributed by atoms with Crippen molar-refractivity contribution in [3.8, 4) is 0 Å². The van der Waals surface area contributed by atoms with Gasteiger partial charge in [0, 0.05) is 19.5 Å². The van der Waals surface area contributed by atoms with Gasteiger partial charge in [-0.05, 0) is 13.8 Å². The molecule has 0 atom stereocenters. The monoisotopic (exact) mass is 263 g/mol. The van der Waals surface area contributed by atoms with Gasteiger partial charge < -0.3 is 9.59 Å². The van der Waals surface area contributed by atoms with E-state index in [1.807, 2.05) is 13.6 Å². The molecule has 0 saturated carbocycles. The van der Waals surface area contributed by atoms with E-state index in [4.69, 9.17) is 9.59 Å². The Morgan fingerprint density at radius 2 is 1.08 bits per heavy atom. The Hall–Kier alpha value is -0.697. The largest absolute Gasteiger partial charge is 0.307 e. The van der Waals surface area contributed by atoms with E-state index in [0.29, 0.717) is 0 Å². The smallest absolute Gasteiger partial charge is 0.137 e. The van der Waals surface area contributed by atoms with Gasteiger partial charge in [-0.25, -0.2) is 0 Å². The minimum absolute atomic E-state index is 0. The molecule has 12 heavy (non-hydrogen) atoms. The zero-order valence-electron chi connectivity index (χ0n) is 7.09. The Bertz CT molecular complexity index is 111. The summed E-state index contributed by atoms with van der Waals surface area (Å²) in [7, 11) is 0. The molecule has 0 fully saturated rings. The Morgan fingerprint density at radius 3 is 1.08 bits per heavy atom. The second kappa shape index (κ2) is 22.4. The molecular weight excluding hydrogens is 251 g/mol. The van der Waals surface area contributed by atoms with Gasteiger partial charge in [0.25, 0.3) is 0 Å². The molecule has 5 heteroatoms. The third-order valence-corrected chi connectivity index (χ3v) is 0.498. The molecule has 0 aromatic rings. The van der Waals surface area contributed by atoms with Crippen LogP contribution in [0.4, 0.5) is 0 Å². The summed E-state index contributed by atoms with van der Waals surface area (Å²) in [6, 6.07) is 0. The summed E-state index contributed by atoms with van der Waals surface area (Å²) in [6.45, 7) is 6.81. The number of ketones is 2. The second-order valence-electron chi connectivity index (χ2n) is 1.58. The van der Waals surface area contributed by atoms with Crippen LogP contribution in [0.5, 0.6) is 0 Å². The molecule has 0 unspecified atom stereocenters. The molecular formula is C7H12O4Rh. The molecule has 4 nitrogen and oxygen atoms in total. The van der Waals surface area contributed by atoms with Crippen molar-refractivity contribution >= 4 is 25.1 Å². The predicted molar refractivity (Wildman–Crippen MR) is 40.2 cm³/mol. The number of Topliss-reactive ketones (excluding diaryl/α,β-unsaturated/α-hetero) is 2. The zero-order valence-corrected chi connectivity index (χ0v) is 8.73. The van der Waals surface area contributed by atoms with Crippen LogP contribution in [-0.4, -0.2) is 25.1 Å². The normalized spacial score (nSPS) is 5.50. The number of hydrogen-bond donors (Lipinski definition) is 0. The first kappa shape index (κ1) is 22.5. The van der Waals surface area contributed by atoms with E-state index in [-0.39, 0.29) is 37.5 Å². The zero-order chi connectivity index (χ0) is 9.86. The van der Waals surface area contributed by atoms with Gasteiger partial charge in [-0.1, -0.05) is 0 Å². The standard InChI is InChI=1S/C5H8O2.2CH2O.Rh/c1-4(6)3-5(2)7;2*1-2;/h3H2,1-2H3;2*1H2;. The molecule has 0 heterocycles. The number of hydrogen-bond acceptors (Lipinski definition) is 4. The van der Waals surface area contributed by atoms with Crippen molar-refractivity contribution < 1.29 is 38.7 Å². The van der Waals surface area contributed by atoms with Gasteiger partial charge in [0.2, 0.25) is 0 Å². The average Bonchev–Trinajstić information content (AvgIpc) is 1.93. The molecule has 0 aliphatic carbocycles. The fraction of sp³-hybridized carbons (Fsp3) is 0.429. The van der Waals surface area contributed by atoms with Crippen molar-refractivity contribution in [2.75, 3.05) is 0 Å². The van der Waals surface area contributed by atoms with Crippen molar-refractivity contribution in [3.63, 3.8) is 0 Å². The van der Waals surface area contributed by atoms with E-state index < -0.39 is 0 Å². The van der Waals surface area contributed by atoms with Gasteiger partial charge in [0.1, 0.15) is 25.1 Å². The summed E-state index contributed by atoms with van der Waals surface area (Å²) in [6.07, 6.45) is 0.0833. The summed E-state index contributed by atoms with van der Waals surface area (Å²) >= 11 is 0. The fourth-order valence-electron chi connectivity index (χ4n) is 0.351. The molecule has 1 radical (unpaired) electrons. The van der Waals surface area contributed by atoms with Crippen LogP contribution >= 0.6 is 0 Å². The average molecular weight is 263 g/mol. The molecule has 0 amide bonds. The Labute approximate surface area is 84.5 Å². The van der Waals surface area contributed by atoms with Crippen LogP contribution in [0.25, 0.3) is 0 Å². The SMILES string of the molecule is C=O.C=O.CC(=O)CC(C)=O.[Rh]. The summed E-state index contributed by atoms with van der Waals surface area (Å²) < 4.78 is 0. The van der Waals surface area contributed by atoms with E-state index >= 15 is 0 Å². The van der Waals surface area contributed by atoms with Crippen LogP contribution in [0.15, 0.2) is 0 Å². The van der Waals surface area contributed by atoms with Crippen molar-refractivity contribution in [2.24, 2.45) is 0 Å². The van der Waals surface area contributed by atoms with E-state index in [2.05, 4.69) is 0 Å². The van der Waals surface area contributed by atoms with Crippen LogP contribution in [0.1, 0.15) is 20.3 Å². The Morgan fingerprint density at radius 1 is 0.917 bits per heavy atom. The van der Waals surface area contributed by atoms with Crippen LogP contribution < -0.4 is 0 Å². The van der Waals surface area contributed by atoms with E-state index in [1.54, 1.807) is 0 Å². The molecule has 0 spiro atoms. The first-order valence-electron chi connectivity index (χ1n) is 2.69. The molecule has 0 saturated heterocycles. The number of carbonyl (C=O) groups excluding carboxylic acids is 4. The van der Waals surface area contributed by atoms with Gasteiger partial charge in [0.15, 0.2) is 0 Å². The Balaban J connectivity index is -0.0000000560. The van der Waals surface area contributed by atoms with Crippen molar-refractivity contribution in [1.29, 1.82) is 0 Å². The topological polar surface area (TPSA) is 68.3 Å². The molecule has 0 aromatic carbocycles. The summed E-state index contributed by atoms with van der Waals surface area (Å²) in [5.74, 6) is -0.125. The third-order valence-electron chi connectivity index (χ3n) is 0.498. The first-order valence-corrected chi connectivity index (χ1v) is 2.69. The summed E-state index contributed by atoms with van der Waals surface area (Å²) in [5, 5.41) is 0.